The van der Waals surface area contributed by atoms with Crippen LogP contribution in [0.1, 0.15) is 17.0 Å². The normalized spacial score (nSPS) is 10.4. The lowest BCUT2D eigenvalue weighted by molar-refractivity contribution is -0.136. The Morgan fingerprint density at radius 3 is 2.44 bits per heavy atom. The summed E-state index contributed by atoms with van der Waals surface area (Å²) in [5, 5.41) is 15.5. The summed E-state index contributed by atoms with van der Waals surface area (Å²) in [7, 11) is 1.58. The Hall–Kier alpha value is -3.68. The molecule has 0 aliphatic heterocycles. The van der Waals surface area contributed by atoms with Crippen molar-refractivity contribution in [3.63, 3.8) is 0 Å². The average Bonchev–Trinajstić information content (AvgIpc) is 3.14. The maximum Gasteiger partial charge on any atom is 0.305 e. The van der Waals surface area contributed by atoms with E-state index in [9.17, 15) is 9.59 Å². The van der Waals surface area contributed by atoms with Crippen LogP contribution < -0.4 is 10.1 Å². The summed E-state index contributed by atoms with van der Waals surface area (Å²) in [5.74, 6) is -0.344. The van der Waals surface area contributed by atoms with Gasteiger partial charge in [-0.15, -0.1) is 5.10 Å². The molecule has 1 amide bonds. The smallest absolute Gasteiger partial charge is 0.305 e. The number of benzene rings is 2. The molecule has 3 rings (SSSR count). The molecule has 0 aliphatic rings. The van der Waals surface area contributed by atoms with E-state index in [1.807, 2.05) is 42.5 Å². The van der Waals surface area contributed by atoms with Gasteiger partial charge in [-0.25, -0.2) is 9.67 Å². The van der Waals surface area contributed by atoms with Crippen molar-refractivity contribution in [1.82, 2.24) is 20.1 Å². The molecule has 0 aliphatic carbocycles. The number of hydrogen-bond acceptors (Lipinski definition) is 5. The summed E-state index contributed by atoms with van der Waals surface area (Å²) >= 11 is 0. The van der Waals surface area contributed by atoms with Crippen molar-refractivity contribution in [1.29, 1.82) is 0 Å². The van der Waals surface area contributed by atoms with Gasteiger partial charge in [0.25, 0.3) is 5.91 Å². The van der Waals surface area contributed by atoms with Crippen molar-refractivity contribution in [3.8, 4) is 22.8 Å². The molecule has 3 aromatic rings. The van der Waals surface area contributed by atoms with Crippen LogP contribution >= 0.6 is 0 Å². The summed E-state index contributed by atoms with van der Waals surface area (Å²) in [5.41, 5.74) is 1.51. The van der Waals surface area contributed by atoms with Crippen molar-refractivity contribution in [2.75, 3.05) is 13.7 Å². The van der Waals surface area contributed by atoms with Gasteiger partial charge in [0.1, 0.15) is 5.75 Å². The first-order valence-electron chi connectivity index (χ1n) is 8.25. The molecule has 0 radical (unpaired) electrons. The molecule has 0 bridgehead atoms. The van der Waals surface area contributed by atoms with E-state index in [1.54, 1.807) is 23.9 Å². The van der Waals surface area contributed by atoms with Crippen molar-refractivity contribution < 1.29 is 19.4 Å². The van der Waals surface area contributed by atoms with Crippen molar-refractivity contribution in [2.45, 2.75) is 6.42 Å². The van der Waals surface area contributed by atoms with Gasteiger partial charge < -0.3 is 15.2 Å². The monoisotopic (exact) mass is 366 g/mol. The molecule has 8 heteroatoms. The Bertz CT molecular complexity index is 936. The fraction of sp³-hybridized carbons (Fsp3) is 0.158. The Morgan fingerprint density at radius 1 is 1.11 bits per heavy atom. The Kier molecular flexibility index (Phi) is 5.46. The molecule has 27 heavy (non-hydrogen) atoms. The van der Waals surface area contributed by atoms with Crippen LogP contribution in [-0.4, -0.2) is 45.4 Å². The maximum absolute atomic E-state index is 12.3. The van der Waals surface area contributed by atoms with E-state index in [1.165, 1.54) is 0 Å². The van der Waals surface area contributed by atoms with Crippen LogP contribution in [0.25, 0.3) is 17.1 Å². The molecule has 0 saturated carbocycles. The van der Waals surface area contributed by atoms with Crippen molar-refractivity contribution >= 4 is 11.9 Å². The number of aromatic nitrogens is 3. The first-order chi connectivity index (χ1) is 13.1. The number of hydrogen-bond donors (Lipinski definition) is 2. The minimum absolute atomic E-state index is 0.00587. The van der Waals surface area contributed by atoms with E-state index in [0.29, 0.717) is 17.3 Å². The largest absolute Gasteiger partial charge is 0.497 e. The second-order valence-electron chi connectivity index (χ2n) is 5.63. The number of ether oxygens (including phenoxy) is 1. The molecule has 2 N–H and O–H groups in total. The van der Waals surface area contributed by atoms with Gasteiger partial charge in [-0.05, 0) is 24.3 Å². The first kappa shape index (κ1) is 18.1. The highest BCUT2D eigenvalue weighted by Gasteiger charge is 2.18. The van der Waals surface area contributed by atoms with Gasteiger partial charge >= 0.3 is 5.97 Å². The quantitative estimate of drug-likeness (QED) is 0.664. The second kappa shape index (κ2) is 8.13. The van der Waals surface area contributed by atoms with Crippen molar-refractivity contribution in [3.05, 3.63) is 60.4 Å². The predicted molar refractivity (Wildman–Crippen MR) is 97.9 cm³/mol. The third kappa shape index (κ3) is 4.30. The van der Waals surface area contributed by atoms with Gasteiger partial charge in [0.05, 0.1) is 19.2 Å². The minimum atomic E-state index is -0.989. The van der Waals surface area contributed by atoms with Crippen LogP contribution in [0.3, 0.4) is 0 Å². The highest BCUT2D eigenvalue weighted by molar-refractivity contribution is 5.91. The molecular weight excluding hydrogens is 348 g/mol. The molecule has 2 aromatic carbocycles. The zero-order valence-corrected chi connectivity index (χ0v) is 14.6. The molecule has 0 atom stereocenters. The zero-order chi connectivity index (χ0) is 19.2. The van der Waals surface area contributed by atoms with Crippen LogP contribution in [-0.2, 0) is 4.79 Å². The average molecular weight is 366 g/mol. The number of aliphatic carboxylic acids is 1. The van der Waals surface area contributed by atoms with Crippen LogP contribution in [0, 0.1) is 0 Å². The molecular formula is C19H18N4O4. The Morgan fingerprint density at radius 2 is 1.81 bits per heavy atom. The van der Waals surface area contributed by atoms with Gasteiger partial charge in [-0.1, -0.05) is 30.3 Å². The summed E-state index contributed by atoms with van der Waals surface area (Å²) in [4.78, 5) is 27.3. The maximum atomic E-state index is 12.3. The second-order valence-corrected chi connectivity index (χ2v) is 5.63. The molecule has 0 unspecified atom stereocenters. The van der Waals surface area contributed by atoms with Gasteiger partial charge in [0.2, 0.25) is 5.82 Å². The van der Waals surface area contributed by atoms with E-state index in [2.05, 4.69) is 15.4 Å². The third-order valence-corrected chi connectivity index (χ3v) is 3.78. The van der Waals surface area contributed by atoms with E-state index < -0.39 is 11.9 Å². The number of methoxy groups -OCH3 is 1. The van der Waals surface area contributed by atoms with Crippen LogP contribution in [0.2, 0.25) is 0 Å². The SMILES string of the molecule is COc1ccc(-n2nc(C(=O)NCCC(=O)O)nc2-c2ccccc2)cc1. The summed E-state index contributed by atoms with van der Waals surface area (Å²) in [6, 6.07) is 16.6. The molecule has 1 aromatic heterocycles. The van der Waals surface area contributed by atoms with Gasteiger partial charge in [0, 0.05) is 12.1 Å². The van der Waals surface area contributed by atoms with Crippen LogP contribution in [0.4, 0.5) is 0 Å². The molecule has 0 fully saturated rings. The van der Waals surface area contributed by atoms with E-state index in [-0.39, 0.29) is 18.8 Å². The number of nitrogens with zero attached hydrogens (tertiary/aromatic N) is 3. The fourth-order valence-corrected chi connectivity index (χ4v) is 2.45. The number of amides is 1. The van der Waals surface area contributed by atoms with Gasteiger partial charge in [-0.3, -0.25) is 9.59 Å². The lowest BCUT2D eigenvalue weighted by atomic mass is 10.2. The van der Waals surface area contributed by atoms with Gasteiger partial charge in [0.15, 0.2) is 5.82 Å². The molecule has 138 valence electrons. The highest BCUT2D eigenvalue weighted by atomic mass is 16.5. The molecule has 1 heterocycles. The van der Waals surface area contributed by atoms with Crippen LogP contribution in [0.15, 0.2) is 54.6 Å². The predicted octanol–water partition coefficient (Wildman–Crippen LogP) is 2.15. The zero-order valence-electron chi connectivity index (χ0n) is 14.6. The number of carbonyl (C=O) groups is 2. The summed E-state index contributed by atoms with van der Waals surface area (Å²) in [6.07, 6.45) is -0.170. The van der Waals surface area contributed by atoms with E-state index in [4.69, 9.17) is 9.84 Å². The van der Waals surface area contributed by atoms with E-state index >= 15 is 0 Å². The molecule has 8 nitrogen and oxygen atoms in total. The standard InChI is InChI=1S/C19H18N4O4/c1-27-15-9-7-14(8-10-15)23-18(13-5-3-2-4-6-13)21-17(22-23)19(26)20-12-11-16(24)25/h2-10H,11-12H2,1H3,(H,20,26)(H,24,25). The van der Waals surface area contributed by atoms with E-state index in [0.717, 1.165) is 5.56 Å². The highest BCUT2D eigenvalue weighted by Crippen LogP contribution is 2.22. The number of carboxylic acids is 1. The minimum Gasteiger partial charge on any atom is -0.497 e. The molecule has 0 spiro atoms. The van der Waals surface area contributed by atoms with Crippen LogP contribution in [0.5, 0.6) is 5.75 Å². The number of carbonyl (C=O) groups excluding carboxylic acids is 1. The summed E-state index contributed by atoms with van der Waals surface area (Å²) in [6.45, 7) is 0.00587. The topological polar surface area (TPSA) is 106 Å². The van der Waals surface area contributed by atoms with Crippen molar-refractivity contribution in [2.24, 2.45) is 0 Å². The van der Waals surface area contributed by atoms with Gasteiger partial charge in [-0.2, -0.15) is 0 Å². The number of nitrogens with one attached hydrogen (secondary N) is 1. The lowest BCUT2D eigenvalue weighted by Crippen LogP contribution is -2.27. The first-order valence-corrected chi connectivity index (χ1v) is 8.25. The molecule has 0 saturated heterocycles. The third-order valence-electron chi connectivity index (χ3n) is 3.78. The Balaban J connectivity index is 1.96. The summed E-state index contributed by atoms with van der Waals surface area (Å²) < 4.78 is 6.74. The lowest BCUT2D eigenvalue weighted by Gasteiger charge is -2.07. The number of carboxylic acid groups (broad SMARTS) is 1. The number of rotatable bonds is 7. The fourth-order valence-electron chi connectivity index (χ4n) is 2.45. The Labute approximate surface area is 155 Å².